The Kier molecular flexibility index (Phi) is 6.08. The molecule has 7 nitrogen and oxygen atoms in total. The number of anilines is 1. The summed E-state index contributed by atoms with van der Waals surface area (Å²) in [4.78, 5) is 1.72. The number of aromatic nitrogens is 2. The van der Waals surface area contributed by atoms with E-state index in [1.807, 2.05) is 48.2 Å². The van der Waals surface area contributed by atoms with Gasteiger partial charge in [-0.1, -0.05) is 41.9 Å². The van der Waals surface area contributed by atoms with Crippen LogP contribution in [0.15, 0.2) is 70.0 Å². The molecule has 2 heterocycles. The van der Waals surface area contributed by atoms with Gasteiger partial charge in [0.2, 0.25) is 5.89 Å². The highest BCUT2D eigenvalue weighted by molar-refractivity contribution is 7.91. The number of sulfone groups is 1. The highest BCUT2D eigenvalue weighted by atomic mass is 35.5. The van der Waals surface area contributed by atoms with Gasteiger partial charge in [0.1, 0.15) is 5.82 Å². The molecule has 1 aromatic heterocycles. The van der Waals surface area contributed by atoms with E-state index in [0.717, 1.165) is 22.8 Å². The molecule has 0 spiro atoms. The maximum absolute atomic E-state index is 15.3. The molecule has 0 fully saturated rings. The van der Waals surface area contributed by atoms with Gasteiger partial charge in [-0.15, -0.1) is 10.2 Å². The molecule has 5 rings (SSSR count). The van der Waals surface area contributed by atoms with Crippen molar-refractivity contribution < 1.29 is 17.2 Å². The minimum Gasteiger partial charge on any atom is -0.416 e. The second-order valence-corrected chi connectivity index (χ2v) is 11.0. The van der Waals surface area contributed by atoms with Crippen LogP contribution >= 0.6 is 11.6 Å². The largest absolute Gasteiger partial charge is 0.416 e. The zero-order valence-corrected chi connectivity index (χ0v) is 20.4. The van der Waals surface area contributed by atoms with Crippen molar-refractivity contribution in [2.75, 3.05) is 17.2 Å². The summed E-state index contributed by atoms with van der Waals surface area (Å²) in [6.45, 7) is 2.53. The van der Waals surface area contributed by atoms with Gasteiger partial charge >= 0.3 is 0 Å². The van der Waals surface area contributed by atoms with E-state index in [2.05, 4.69) is 10.2 Å². The Labute approximate surface area is 207 Å². The first-order chi connectivity index (χ1) is 16.7. The van der Waals surface area contributed by atoms with Crippen LogP contribution in [-0.2, 0) is 16.4 Å². The van der Waals surface area contributed by atoms with Gasteiger partial charge in [0, 0.05) is 29.7 Å². The summed E-state index contributed by atoms with van der Waals surface area (Å²) in [5, 5.41) is 8.72. The number of nitrogens with two attached hydrogens (primary N) is 1. The maximum Gasteiger partial charge on any atom is 0.251 e. The molecule has 0 unspecified atom stereocenters. The molecule has 0 amide bonds. The maximum atomic E-state index is 15.3. The van der Waals surface area contributed by atoms with Crippen LogP contribution in [0.1, 0.15) is 11.1 Å². The van der Waals surface area contributed by atoms with Crippen LogP contribution in [0.2, 0.25) is 5.02 Å². The van der Waals surface area contributed by atoms with Gasteiger partial charge in [-0.2, -0.15) is 0 Å². The van der Waals surface area contributed by atoms with Crippen molar-refractivity contribution in [3.05, 3.63) is 82.6 Å². The van der Waals surface area contributed by atoms with E-state index in [9.17, 15) is 8.42 Å². The molecular weight excluding hydrogens is 491 g/mol. The van der Waals surface area contributed by atoms with Crippen LogP contribution in [0.3, 0.4) is 0 Å². The second kappa shape index (κ2) is 9.07. The smallest absolute Gasteiger partial charge is 0.251 e. The zero-order chi connectivity index (χ0) is 24.7. The Morgan fingerprint density at radius 2 is 1.77 bits per heavy atom. The van der Waals surface area contributed by atoms with Crippen LogP contribution in [-0.4, -0.2) is 37.0 Å². The molecule has 3 aromatic carbocycles. The summed E-state index contributed by atoms with van der Waals surface area (Å²) >= 11 is 6.01. The Morgan fingerprint density at radius 1 is 1.09 bits per heavy atom. The van der Waals surface area contributed by atoms with Gasteiger partial charge < -0.3 is 15.1 Å². The molecule has 4 aromatic rings. The summed E-state index contributed by atoms with van der Waals surface area (Å²) in [6.07, 6.45) is 0. The van der Waals surface area contributed by atoms with Gasteiger partial charge in [0.25, 0.3) is 5.89 Å². The summed E-state index contributed by atoms with van der Waals surface area (Å²) < 4.78 is 47.1. The molecule has 0 saturated heterocycles. The second-order valence-electron chi connectivity index (χ2n) is 8.58. The molecule has 1 aliphatic rings. The van der Waals surface area contributed by atoms with Crippen molar-refractivity contribution in [3.8, 4) is 22.9 Å². The number of fused-ring (bicyclic) bond motifs is 1. The summed E-state index contributed by atoms with van der Waals surface area (Å²) in [6, 6.07) is 16.5. The van der Waals surface area contributed by atoms with E-state index in [4.69, 9.17) is 21.8 Å². The van der Waals surface area contributed by atoms with Crippen LogP contribution in [0, 0.1) is 12.7 Å². The third kappa shape index (κ3) is 4.67. The van der Waals surface area contributed by atoms with Crippen LogP contribution in [0.5, 0.6) is 0 Å². The zero-order valence-electron chi connectivity index (χ0n) is 18.8. The third-order valence-electron chi connectivity index (χ3n) is 5.93. The lowest BCUT2D eigenvalue weighted by atomic mass is 10.1. The van der Waals surface area contributed by atoms with Gasteiger partial charge in [0.05, 0.1) is 21.9 Å². The Morgan fingerprint density at radius 3 is 2.49 bits per heavy atom. The van der Waals surface area contributed by atoms with Gasteiger partial charge in [0.15, 0.2) is 9.84 Å². The molecule has 0 saturated carbocycles. The molecule has 1 atom stereocenters. The number of rotatable bonds is 4. The Hall–Kier alpha value is -3.27. The summed E-state index contributed by atoms with van der Waals surface area (Å²) in [5.74, 6) is -0.844. The highest BCUT2D eigenvalue weighted by Crippen LogP contribution is 2.37. The average Bonchev–Trinajstić information content (AvgIpc) is 3.26. The molecule has 10 heteroatoms. The van der Waals surface area contributed by atoms with E-state index in [1.165, 1.54) is 6.07 Å². The first kappa shape index (κ1) is 23.5. The van der Waals surface area contributed by atoms with E-state index in [0.29, 0.717) is 17.3 Å². The lowest BCUT2D eigenvalue weighted by Crippen LogP contribution is -2.39. The molecule has 180 valence electrons. The van der Waals surface area contributed by atoms with Gasteiger partial charge in [-0.05, 0) is 48.4 Å². The molecular formula is C25H22ClFN4O3S. The number of benzene rings is 3. The molecule has 2 N–H and O–H groups in total. The lowest BCUT2D eigenvalue weighted by Gasteiger charge is -2.26. The Balaban J connectivity index is 1.61. The number of halogens is 2. The molecule has 0 aliphatic carbocycles. The third-order valence-corrected chi connectivity index (χ3v) is 8.05. The van der Waals surface area contributed by atoms with Crippen molar-refractivity contribution in [1.29, 1.82) is 0 Å². The first-order valence-electron chi connectivity index (χ1n) is 10.9. The number of hydrogen-bond acceptors (Lipinski definition) is 7. The van der Waals surface area contributed by atoms with Gasteiger partial charge in [-0.25, -0.2) is 12.8 Å². The van der Waals surface area contributed by atoms with Crippen molar-refractivity contribution in [3.63, 3.8) is 0 Å². The molecule has 0 bridgehead atoms. The van der Waals surface area contributed by atoms with Gasteiger partial charge in [-0.3, -0.25) is 0 Å². The SMILES string of the molecule is Cc1ccccc1-c1nnc(-c2cc3c(cc2F)S(=O)(=O)C[C@H](N)CN3Cc2ccc(Cl)cc2)o1. The first-order valence-corrected chi connectivity index (χ1v) is 13.0. The van der Waals surface area contributed by atoms with E-state index < -0.39 is 21.7 Å². The van der Waals surface area contributed by atoms with Crippen LogP contribution < -0.4 is 10.6 Å². The minimum atomic E-state index is -3.82. The number of hydrogen-bond donors (Lipinski definition) is 1. The summed E-state index contributed by atoms with van der Waals surface area (Å²) in [5.41, 5.74) is 9.07. The lowest BCUT2D eigenvalue weighted by molar-refractivity contribution is 0.567. The standard InChI is InChI=1S/C25H22ClFN4O3S/c1-15-4-2-3-5-19(15)24-29-30-25(34-24)20-10-22-23(11-21(20)27)35(32,33)14-18(28)13-31(22)12-16-6-8-17(26)9-7-16/h2-11,18H,12-14,28H2,1H3/t18-/m1/s1. The van der Waals surface area contributed by atoms with Crippen molar-refractivity contribution in [1.82, 2.24) is 10.2 Å². The number of aryl methyl sites for hydroxylation is 1. The van der Waals surface area contributed by atoms with Crippen molar-refractivity contribution in [2.24, 2.45) is 5.73 Å². The topological polar surface area (TPSA) is 102 Å². The predicted octanol–water partition coefficient (Wildman–Crippen LogP) is 4.63. The Bertz CT molecular complexity index is 1510. The number of nitrogens with zero attached hydrogens (tertiary/aromatic N) is 3. The van der Waals surface area contributed by atoms with E-state index in [1.54, 1.807) is 12.1 Å². The molecule has 1 aliphatic heterocycles. The summed E-state index contributed by atoms with van der Waals surface area (Å²) in [7, 11) is -3.82. The fraction of sp³-hybridized carbons (Fsp3) is 0.200. The molecule has 35 heavy (non-hydrogen) atoms. The monoisotopic (exact) mass is 512 g/mol. The molecule has 0 radical (unpaired) electrons. The minimum absolute atomic E-state index is 0.0165. The van der Waals surface area contributed by atoms with Crippen molar-refractivity contribution >= 4 is 27.1 Å². The van der Waals surface area contributed by atoms with E-state index >= 15 is 4.39 Å². The normalized spacial score (nSPS) is 17.1. The fourth-order valence-corrected chi connectivity index (χ4v) is 5.99. The van der Waals surface area contributed by atoms with E-state index in [-0.39, 0.29) is 34.5 Å². The van der Waals surface area contributed by atoms with Crippen molar-refractivity contribution in [2.45, 2.75) is 24.4 Å². The van der Waals surface area contributed by atoms with Crippen LogP contribution in [0.4, 0.5) is 10.1 Å². The predicted molar refractivity (Wildman–Crippen MR) is 132 cm³/mol. The van der Waals surface area contributed by atoms with Crippen LogP contribution in [0.25, 0.3) is 22.9 Å². The average molecular weight is 513 g/mol. The highest BCUT2D eigenvalue weighted by Gasteiger charge is 2.32. The quantitative estimate of drug-likeness (QED) is 0.425. The fourth-order valence-electron chi connectivity index (χ4n) is 4.22.